The first-order valence-electron chi connectivity index (χ1n) is 8.58. The van der Waals surface area contributed by atoms with E-state index in [1.165, 1.54) is 24.3 Å². The van der Waals surface area contributed by atoms with Gasteiger partial charge in [-0.15, -0.1) is 10.2 Å². The standard InChI is InChI=1S/C19H16F4N4OS/c1-2-27-17(12-7-3-5-9-14(12)20)25-26-18(27)29-11-16(28)24-15-10-6-4-8-13(15)19(21,22)23/h3-10H,2,11H2,1H3,(H,24,28). The highest BCUT2D eigenvalue weighted by Gasteiger charge is 2.33. The van der Waals surface area contributed by atoms with Crippen LogP contribution >= 0.6 is 11.8 Å². The second-order valence-corrected chi connectivity index (χ2v) is 6.85. The van der Waals surface area contributed by atoms with E-state index in [2.05, 4.69) is 15.5 Å². The maximum absolute atomic E-state index is 14.0. The molecule has 0 aliphatic rings. The van der Waals surface area contributed by atoms with Gasteiger partial charge in [-0.2, -0.15) is 13.2 Å². The highest BCUT2D eigenvalue weighted by molar-refractivity contribution is 7.99. The highest BCUT2D eigenvalue weighted by Crippen LogP contribution is 2.34. The quantitative estimate of drug-likeness (QED) is 0.454. The van der Waals surface area contributed by atoms with E-state index < -0.39 is 23.5 Å². The molecule has 0 radical (unpaired) electrons. The third kappa shape index (κ3) is 4.76. The number of alkyl halides is 3. The zero-order chi connectivity index (χ0) is 21.0. The Bertz CT molecular complexity index is 1020. The lowest BCUT2D eigenvalue weighted by Gasteiger charge is -2.13. The number of aromatic nitrogens is 3. The summed E-state index contributed by atoms with van der Waals surface area (Å²) in [5.74, 6) is -0.935. The second kappa shape index (κ2) is 8.64. The average molecular weight is 424 g/mol. The van der Waals surface area contributed by atoms with Gasteiger partial charge in [-0.1, -0.05) is 36.0 Å². The first-order valence-corrected chi connectivity index (χ1v) is 9.56. The van der Waals surface area contributed by atoms with Crippen LogP contribution in [0.25, 0.3) is 11.4 Å². The van der Waals surface area contributed by atoms with Gasteiger partial charge in [0.1, 0.15) is 5.82 Å². The third-order valence-corrected chi connectivity index (χ3v) is 4.95. The first-order chi connectivity index (χ1) is 13.8. The van der Waals surface area contributed by atoms with E-state index >= 15 is 0 Å². The van der Waals surface area contributed by atoms with Gasteiger partial charge in [0.25, 0.3) is 0 Å². The van der Waals surface area contributed by atoms with Crippen molar-refractivity contribution in [3.8, 4) is 11.4 Å². The number of hydrogen-bond acceptors (Lipinski definition) is 4. The number of benzene rings is 2. The lowest BCUT2D eigenvalue weighted by Crippen LogP contribution is -2.18. The van der Waals surface area contributed by atoms with Crippen LogP contribution in [-0.4, -0.2) is 26.4 Å². The molecule has 0 fully saturated rings. The van der Waals surface area contributed by atoms with E-state index in [1.807, 2.05) is 6.92 Å². The van der Waals surface area contributed by atoms with Crippen molar-refractivity contribution in [2.45, 2.75) is 24.8 Å². The van der Waals surface area contributed by atoms with E-state index in [0.717, 1.165) is 17.8 Å². The van der Waals surface area contributed by atoms with Crippen LogP contribution in [0.15, 0.2) is 53.7 Å². The van der Waals surface area contributed by atoms with E-state index in [0.29, 0.717) is 17.5 Å². The van der Waals surface area contributed by atoms with Gasteiger partial charge in [-0.25, -0.2) is 4.39 Å². The Labute approximate surface area is 168 Å². The molecule has 0 aliphatic heterocycles. The van der Waals surface area contributed by atoms with Crippen LogP contribution in [0.5, 0.6) is 0 Å². The number of carbonyl (C=O) groups is 1. The zero-order valence-electron chi connectivity index (χ0n) is 15.2. The van der Waals surface area contributed by atoms with Crippen LogP contribution in [0, 0.1) is 5.82 Å². The van der Waals surface area contributed by atoms with Gasteiger partial charge >= 0.3 is 6.18 Å². The first kappa shape index (κ1) is 20.8. The number of carbonyl (C=O) groups excluding carboxylic acids is 1. The van der Waals surface area contributed by atoms with E-state index in [4.69, 9.17) is 0 Å². The SMILES string of the molecule is CCn1c(SCC(=O)Nc2ccccc2C(F)(F)F)nnc1-c1ccccc1F. The van der Waals surface area contributed by atoms with Gasteiger partial charge in [0.05, 0.1) is 22.6 Å². The molecule has 1 amide bonds. The molecular weight excluding hydrogens is 408 g/mol. The predicted octanol–water partition coefficient (Wildman–Crippen LogP) is 4.85. The molecule has 5 nitrogen and oxygen atoms in total. The Hall–Kier alpha value is -2.88. The largest absolute Gasteiger partial charge is 0.418 e. The van der Waals surface area contributed by atoms with Crippen LogP contribution in [0.1, 0.15) is 12.5 Å². The molecule has 3 rings (SSSR count). The molecule has 0 atom stereocenters. The van der Waals surface area contributed by atoms with Crippen molar-refractivity contribution in [1.29, 1.82) is 0 Å². The number of anilines is 1. The summed E-state index contributed by atoms with van der Waals surface area (Å²) in [5, 5.41) is 10.6. The minimum absolute atomic E-state index is 0.179. The minimum atomic E-state index is -4.58. The van der Waals surface area contributed by atoms with Gasteiger partial charge in [0, 0.05) is 6.54 Å². The summed E-state index contributed by atoms with van der Waals surface area (Å²) in [6, 6.07) is 10.9. The maximum atomic E-state index is 14.0. The number of amides is 1. The molecule has 2 aromatic carbocycles. The molecule has 0 unspecified atom stereocenters. The van der Waals surface area contributed by atoms with Crippen molar-refractivity contribution < 1.29 is 22.4 Å². The van der Waals surface area contributed by atoms with Crippen molar-refractivity contribution in [2.75, 3.05) is 11.1 Å². The number of para-hydroxylation sites is 1. The Morgan fingerprint density at radius 2 is 1.79 bits per heavy atom. The Kier molecular flexibility index (Phi) is 6.21. The van der Waals surface area contributed by atoms with E-state index in [-0.39, 0.29) is 17.0 Å². The molecule has 3 aromatic rings. The third-order valence-electron chi connectivity index (χ3n) is 3.99. The van der Waals surface area contributed by atoms with Crippen molar-refractivity contribution in [1.82, 2.24) is 14.8 Å². The van der Waals surface area contributed by atoms with Gasteiger partial charge in [-0.05, 0) is 31.2 Å². The summed E-state index contributed by atoms with van der Waals surface area (Å²) in [6.07, 6.45) is -4.58. The molecule has 1 heterocycles. The second-order valence-electron chi connectivity index (χ2n) is 5.91. The van der Waals surface area contributed by atoms with Gasteiger partial charge in [-0.3, -0.25) is 4.79 Å². The van der Waals surface area contributed by atoms with Gasteiger partial charge < -0.3 is 9.88 Å². The van der Waals surface area contributed by atoms with Gasteiger partial charge in [0.15, 0.2) is 11.0 Å². The zero-order valence-corrected chi connectivity index (χ0v) is 16.0. The Morgan fingerprint density at radius 3 is 2.48 bits per heavy atom. The molecule has 1 N–H and O–H groups in total. The van der Waals surface area contributed by atoms with Crippen LogP contribution in [0.3, 0.4) is 0 Å². The highest BCUT2D eigenvalue weighted by atomic mass is 32.2. The number of nitrogens with one attached hydrogen (secondary N) is 1. The van der Waals surface area contributed by atoms with Crippen molar-refractivity contribution in [3.05, 3.63) is 59.9 Å². The lowest BCUT2D eigenvalue weighted by atomic mass is 10.1. The fourth-order valence-electron chi connectivity index (χ4n) is 2.68. The average Bonchev–Trinajstić information content (AvgIpc) is 3.09. The molecular formula is C19H16F4N4OS. The van der Waals surface area contributed by atoms with Crippen molar-refractivity contribution >= 4 is 23.4 Å². The molecule has 0 saturated carbocycles. The fourth-order valence-corrected chi connectivity index (χ4v) is 3.48. The summed E-state index contributed by atoms with van der Waals surface area (Å²) in [6.45, 7) is 2.24. The molecule has 0 bridgehead atoms. The van der Waals surface area contributed by atoms with Crippen LogP contribution in [0.2, 0.25) is 0 Å². The molecule has 10 heteroatoms. The maximum Gasteiger partial charge on any atom is 0.418 e. The van der Waals surface area contributed by atoms with Crippen molar-refractivity contribution in [2.24, 2.45) is 0 Å². The fraction of sp³-hybridized carbons (Fsp3) is 0.211. The monoisotopic (exact) mass is 424 g/mol. The van der Waals surface area contributed by atoms with E-state index in [9.17, 15) is 22.4 Å². The smallest absolute Gasteiger partial charge is 0.325 e. The lowest BCUT2D eigenvalue weighted by molar-refractivity contribution is -0.137. The number of halogens is 4. The Morgan fingerprint density at radius 1 is 1.10 bits per heavy atom. The number of nitrogens with zero attached hydrogens (tertiary/aromatic N) is 3. The molecule has 152 valence electrons. The normalized spacial score (nSPS) is 11.5. The minimum Gasteiger partial charge on any atom is -0.325 e. The molecule has 29 heavy (non-hydrogen) atoms. The predicted molar refractivity (Wildman–Crippen MR) is 102 cm³/mol. The van der Waals surface area contributed by atoms with Crippen LogP contribution in [-0.2, 0) is 17.5 Å². The molecule has 0 spiro atoms. The molecule has 0 aliphatic carbocycles. The number of rotatable bonds is 6. The summed E-state index contributed by atoms with van der Waals surface area (Å²) in [4.78, 5) is 12.2. The molecule has 0 saturated heterocycles. The summed E-state index contributed by atoms with van der Waals surface area (Å²) in [7, 11) is 0. The summed E-state index contributed by atoms with van der Waals surface area (Å²) in [5.41, 5.74) is -0.955. The Balaban J connectivity index is 1.73. The summed E-state index contributed by atoms with van der Waals surface area (Å²) >= 11 is 1.01. The van der Waals surface area contributed by atoms with Crippen molar-refractivity contribution in [3.63, 3.8) is 0 Å². The topological polar surface area (TPSA) is 59.8 Å². The van der Waals surface area contributed by atoms with Gasteiger partial charge in [0.2, 0.25) is 5.91 Å². The molecule has 1 aromatic heterocycles. The number of hydrogen-bond donors (Lipinski definition) is 1. The van der Waals surface area contributed by atoms with Crippen LogP contribution < -0.4 is 5.32 Å². The van der Waals surface area contributed by atoms with E-state index in [1.54, 1.807) is 22.8 Å². The van der Waals surface area contributed by atoms with Crippen LogP contribution in [0.4, 0.5) is 23.2 Å². The number of thioether (sulfide) groups is 1. The summed E-state index contributed by atoms with van der Waals surface area (Å²) < 4.78 is 54.8.